The molecule has 2 aromatic rings. The number of likely N-dealkylation sites (tertiary alicyclic amines) is 1. The smallest absolute Gasteiger partial charge is 0.275 e. The average Bonchev–Trinajstić information content (AvgIpc) is 3.54. The van der Waals surface area contributed by atoms with E-state index in [0.717, 1.165) is 99.1 Å². The molecule has 2 aliphatic heterocycles. The zero-order valence-corrected chi connectivity index (χ0v) is 19.2. The first-order valence-corrected chi connectivity index (χ1v) is 12.7. The number of anilines is 1. The number of aromatic amines is 1. The molecule has 32 heavy (non-hydrogen) atoms. The van der Waals surface area contributed by atoms with Gasteiger partial charge in [-0.15, -0.1) is 0 Å². The molecule has 1 N–H and O–H groups in total. The Morgan fingerprint density at radius 3 is 2.69 bits per heavy atom. The van der Waals surface area contributed by atoms with E-state index in [1.807, 2.05) is 4.90 Å². The second kappa shape index (κ2) is 8.16. The Morgan fingerprint density at radius 1 is 0.969 bits per heavy atom. The van der Waals surface area contributed by atoms with Gasteiger partial charge in [0.05, 0.1) is 6.04 Å². The summed E-state index contributed by atoms with van der Waals surface area (Å²) in [5.41, 5.74) is 5.35. The van der Waals surface area contributed by atoms with Crippen LogP contribution in [0.25, 0.3) is 0 Å². The van der Waals surface area contributed by atoms with Crippen LogP contribution >= 0.6 is 0 Å². The fraction of sp³-hybridized carbons (Fsp3) is 0.680. The Labute approximate surface area is 190 Å². The number of hydrogen-bond donors (Lipinski definition) is 1. The molecule has 170 valence electrons. The summed E-state index contributed by atoms with van der Waals surface area (Å²) in [7, 11) is 0. The second-order valence-corrected chi connectivity index (χ2v) is 10.2. The number of amides is 1. The third-order valence-corrected chi connectivity index (χ3v) is 7.86. The quantitative estimate of drug-likeness (QED) is 0.789. The molecule has 7 heteroatoms. The predicted octanol–water partition coefficient (Wildman–Crippen LogP) is 3.92. The van der Waals surface area contributed by atoms with Crippen molar-refractivity contribution in [2.75, 3.05) is 24.5 Å². The van der Waals surface area contributed by atoms with E-state index in [1.165, 1.54) is 31.2 Å². The molecular weight excluding hydrogens is 400 g/mol. The van der Waals surface area contributed by atoms with Gasteiger partial charge in [0.2, 0.25) is 0 Å². The van der Waals surface area contributed by atoms with E-state index in [0.29, 0.717) is 5.69 Å². The van der Waals surface area contributed by atoms with Gasteiger partial charge in [-0.1, -0.05) is 0 Å². The molecule has 2 aliphatic carbocycles. The van der Waals surface area contributed by atoms with Crippen LogP contribution in [0.3, 0.4) is 0 Å². The number of piperidine rings is 1. The zero-order valence-electron chi connectivity index (χ0n) is 19.2. The largest absolute Gasteiger partial charge is 0.356 e. The molecule has 0 aromatic carbocycles. The third-order valence-electron chi connectivity index (χ3n) is 7.86. The fourth-order valence-corrected chi connectivity index (χ4v) is 5.88. The van der Waals surface area contributed by atoms with Crippen molar-refractivity contribution >= 4 is 11.7 Å². The molecule has 0 bridgehead atoms. The summed E-state index contributed by atoms with van der Waals surface area (Å²) in [5, 5.41) is 7.62. The van der Waals surface area contributed by atoms with E-state index in [-0.39, 0.29) is 11.9 Å². The molecule has 4 heterocycles. The average molecular weight is 435 g/mol. The van der Waals surface area contributed by atoms with E-state index >= 15 is 0 Å². The van der Waals surface area contributed by atoms with Crippen LogP contribution in [0.1, 0.15) is 96.2 Å². The highest BCUT2D eigenvalue weighted by Crippen LogP contribution is 2.37. The van der Waals surface area contributed by atoms with E-state index in [9.17, 15) is 4.79 Å². The number of hydrogen-bond acceptors (Lipinski definition) is 5. The molecule has 4 aliphatic rings. The Hall–Kier alpha value is -2.44. The number of aryl methyl sites for hydroxylation is 2. The van der Waals surface area contributed by atoms with Crippen LogP contribution < -0.4 is 4.90 Å². The van der Waals surface area contributed by atoms with Crippen molar-refractivity contribution < 1.29 is 4.79 Å². The summed E-state index contributed by atoms with van der Waals surface area (Å²) in [6.45, 7) is 5.10. The summed E-state index contributed by atoms with van der Waals surface area (Å²) in [6.07, 6.45) is 12.3. The number of nitrogens with one attached hydrogen (secondary N) is 1. The number of nitrogens with zero attached hydrogens (tertiary/aromatic N) is 5. The maximum absolute atomic E-state index is 13.7. The first kappa shape index (κ1) is 20.2. The molecule has 0 spiro atoms. The third kappa shape index (κ3) is 3.59. The van der Waals surface area contributed by atoms with Crippen LogP contribution in [0, 0.1) is 12.8 Å². The van der Waals surface area contributed by atoms with Gasteiger partial charge in [-0.3, -0.25) is 9.89 Å². The fourth-order valence-electron chi connectivity index (χ4n) is 5.88. The van der Waals surface area contributed by atoms with Gasteiger partial charge in [0, 0.05) is 42.1 Å². The Bertz CT molecular complexity index is 1030. The van der Waals surface area contributed by atoms with E-state index < -0.39 is 0 Å². The van der Waals surface area contributed by atoms with Gasteiger partial charge in [0.15, 0.2) is 11.5 Å². The van der Waals surface area contributed by atoms with Crippen LogP contribution in [-0.2, 0) is 19.3 Å². The van der Waals surface area contributed by atoms with Gasteiger partial charge in [-0.25, -0.2) is 9.97 Å². The summed E-state index contributed by atoms with van der Waals surface area (Å²) >= 11 is 0. The number of H-pyrrole nitrogens is 1. The minimum absolute atomic E-state index is 0.0547. The molecule has 7 nitrogen and oxygen atoms in total. The first-order chi connectivity index (χ1) is 15.7. The minimum atomic E-state index is -0.0547. The van der Waals surface area contributed by atoms with Crippen molar-refractivity contribution in [2.24, 2.45) is 5.92 Å². The van der Waals surface area contributed by atoms with Crippen molar-refractivity contribution in [2.45, 2.75) is 83.6 Å². The minimum Gasteiger partial charge on any atom is -0.356 e. The van der Waals surface area contributed by atoms with Crippen LogP contribution in [0.2, 0.25) is 0 Å². The summed E-state index contributed by atoms with van der Waals surface area (Å²) in [6, 6.07) is -0.0547. The maximum Gasteiger partial charge on any atom is 0.275 e. The lowest BCUT2D eigenvalue weighted by atomic mass is 9.94. The molecule has 1 saturated carbocycles. The van der Waals surface area contributed by atoms with Crippen LogP contribution in [0.15, 0.2) is 0 Å². The van der Waals surface area contributed by atoms with Gasteiger partial charge < -0.3 is 9.80 Å². The molecular formula is C25H34N6O. The van der Waals surface area contributed by atoms with E-state index in [4.69, 9.17) is 9.97 Å². The Kier molecular flexibility index (Phi) is 5.15. The lowest BCUT2D eigenvalue weighted by Gasteiger charge is -2.36. The normalized spacial score (nSPS) is 23.1. The number of carbonyl (C=O) groups is 1. The molecule has 6 rings (SSSR count). The molecule has 1 saturated heterocycles. The molecule has 1 atom stereocenters. The van der Waals surface area contributed by atoms with Gasteiger partial charge in [0.25, 0.3) is 5.91 Å². The lowest BCUT2D eigenvalue weighted by Crippen LogP contribution is -2.40. The van der Waals surface area contributed by atoms with Crippen molar-refractivity contribution in [3.05, 3.63) is 34.0 Å². The van der Waals surface area contributed by atoms with Crippen LogP contribution in [0.4, 0.5) is 5.82 Å². The van der Waals surface area contributed by atoms with Gasteiger partial charge >= 0.3 is 0 Å². The predicted molar refractivity (Wildman–Crippen MR) is 123 cm³/mol. The number of rotatable bonds is 4. The molecule has 2 fully saturated rings. The van der Waals surface area contributed by atoms with Gasteiger partial charge in [0.1, 0.15) is 5.82 Å². The molecule has 0 radical (unpaired) electrons. The zero-order chi connectivity index (χ0) is 21.7. The summed E-state index contributed by atoms with van der Waals surface area (Å²) in [5.74, 6) is 2.86. The van der Waals surface area contributed by atoms with E-state index in [2.05, 4.69) is 22.0 Å². The number of carbonyl (C=O) groups excluding carboxylic acids is 1. The highest BCUT2D eigenvalue weighted by Gasteiger charge is 2.36. The topological polar surface area (TPSA) is 78.0 Å². The van der Waals surface area contributed by atoms with Crippen molar-refractivity contribution in [3.8, 4) is 0 Å². The van der Waals surface area contributed by atoms with Crippen LogP contribution in [0.5, 0.6) is 0 Å². The standard InChI is InChI=1S/C25H34N6O/c1-16-18-8-6-13-30(15-17-11-12-17)24(18)27-23(26-16)21-10-4-5-14-31(21)25(32)22-19-7-2-3-9-20(19)28-29-22/h17,21H,2-15H2,1H3,(H,28,29). The first-order valence-electron chi connectivity index (χ1n) is 12.7. The Morgan fingerprint density at radius 2 is 1.81 bits per heavy atom. The van der Waals surface area contributed by atoms with Gasteiger partial charge in [-0.2, -0.15) is 5.10 Å². The van der Waals surface area contributed by atoms with Crippen molar-refractivity contribution in [1.29, 1.82) is 0 Å². The summed E-state index contributed by atoms with van der Waals surface area (Å²) < 4.78 is 0. The van der Waals surface area contributed by atoms with Gasteiger partial charge in [-0.05, 0) is 83.5 Å². The summed E-state index contributed by atoms with van der Waals surface area (Å²) in [4.78, 5) is 28.3. The number of fused-ring (bicyclic) bond motifs is 2. The number of aromatic nitrogens is 4. The van der Waals surface area contributed by atoms with Crippen molar-refractivity contribution in [1.82, 2.24) is 25.1 Å². The maximum atomic E-state index is 13.7. The Balaban J connectivity index is 1.33. The monoisotopic (exact) mass is 434 g/mol. The lowest BCUT2D eigenvalue weighted by molar-refractivity contribution is 0.0592. The molecule has 1 amide bonds. The molecule has 1 unspecified atom stereocenters. The van der Waals surface area contributed by atoms with Crippen LogP contribution in [-0.4, -0.2) is 50.6 Å². The molecule has 2 aromatic heterocycles. The SMILES string of the molecule is Cc1nc(C2CCCCN2C(=O)c2n[nH]c3c2CCCC3)nc2c1CCCN2CC1CC1. The van der Waals surface area contributed by atoms with Crippen molar-refractivity contribution in [3.63, 3.8) is 0 Å². The highest BCUT2D eigenvalue weighted by molar-refractivity contribution is 5.94. The highest BCUT2D eigenvalue weighted by atomic mass is 16.2. The second-order valence-electron chi connectivity index (χ2n) is 10.2. The van der Waals surface area contributed by atoms with E-state index in [1.54, 1.807) is 0 Å².